The minimum absolute atomic E-state index is 0.102. The van der Waals surface area contributed by atoms with E-state index < -0.39 is 10.7 Å². The van der Waals surface area contributed by atoms with E-state index in [0.717, 1.165) is 18.9 Å². The average molecular weight is 273 g/mol. The van der Waals surface area contributed by atoms with Crippen molar-refractivity contribution >= 4 is 23.0 Å². The maximum absolute atomic E-state index is 13.2. The maximum atomic E-state index is 13.2. The van der Waals surface area contributed by atoms with Gasteiger partial charge in [0.15, 0.2) is 0 Å². The fraction of sp³-hybridized carbons (Fsp3) is 0.500. The minimum Gasteiger partial charge on any atom is -0.379 e. The summed E-state index contributed by atoms with van der Waals surface area (Å²) in [5, 5.41) is 13.7. The van der Waals surface area contributed by atoms with Gasteiger partial charge in [-0.15, -0.1) is 0 Å². The summed E-state index contributed by atoms with van der Waals surface area (Å²) < 4.78 is 13.2. The average Bonchev–Trinajstić information content (AvgIpc) is 2.83. The number of benzene rings is 1. The van der Waals surface area contributed by atoms with Crippen molar-refractivity contribution in [1.29, 1.82) is 0 Å². The number of nitro benzene ring substituents is 1. The third-order valence-corrected chi connectivity index (χ3v) is 3.58. The summed E-state index contributed by atoms with van der Waals surface area (Å²) in [6, 6.07) is 2.14. The molecule has 1 aromatic rings. The molecule has 0 amide bonds. The van der Waals surface area contributed by atoms with E-state index in [9.17, 15) is 14.5 Å². The van der Waals surface area contributed by atoms with E-state index in [1.54, 1.807) is 0 Å². The summed E-state index contributed by atoms with van der Waals surface area (Å²) in [4.78, 5) is 10.2. The lowest BCUT2D eigenvalue weighted by molar-refractivity contribution is -0.384. The summed E-state index contributed by atoms with van der Waals surface area (Å²) in [6.07, 6.45) is 4.68. The lowest BCUT2D eigenvalue weighted by Gasteiger charge is -2.12. The van der Waals surface area contributed by atoms with Crippen LogP contribution in [0.5, 0.6) is 0 Å². The summed E-state index contributed by atoms with van der Waals surface area (Å²) in [5.74, 6) is -0.233. The highest BCUT2D eigenvalue weighted by molar-refractivity contribution is 6.31. The van der Waals surface area contributed by atoms with Gasteiger partial charge in [0.05, 0.1) is 16.0 Å². The number of nitrogens with one attached hydrogen (secondary N) is 1. The van der Waals surface area contributed by atoms with Crippen LogP contribution in [0.15, 0.2) is 12.1 Å². The van der Waals surface area contributed by atoms with Gasteiger partial charge >= 0.3 is 0 Å². The van der Waals surface area contributed by atoms with Gasteiger partial charge in [-0.25, -0.2) is 4.39 Å². The third kappa shape index (κ3) is 2.90. The molecule has 18 heavy (non-hydrogen) atoms. The number of anilines is 1. The zero-order valence-electron chi connectivity index (χ0n) is 9.79. The van der Waals surface area contributed by atoms with E-state index in [1.165, 1.54) is 18.9 Å². The second-order valence-corrected chi connectivity index (χ2v) is 4.98. The molecule has 1 aliphatic carbocycles. The van der Waals surface area contributed by atoms with Crippen LogP contribution in [0.2, 0.25) is 5.02 Å². The number of rotatable bonds is 4. The Kier molecular flexibility index (Phi) is 4.01. The Balaban J connectivity index is 2.14. The Hall–Kier alpha value is -1.36. The highest BCUT2D eigenvalue weighted by atomic mass is 35.5. The van der Waals surface area contributed by atoms with Crippen LogP contribution in [0.1, 0.15) is 25.7 Å². The molecule has 0 bridgehead atoms. The van der Waals surface area contributed by atoms with Crippen LogP contribution in [0.3, 0.4) is 0 Å². The van der Waals surface area contributed by atoms with Crippen LogP contribution >= 0.6 is 11.6 Å². The Labute approximate surface area is 109 Å². The Morgan fingerprint density at radius 2 is 2.11 bits per heavy atom. The molecule has 1 aromatic carbocycles. The summed E-state index contributed by atoms with van der Waals surface area (Å²) in [5.41, 5.74) is 0.0215. The molecule has 1 saturated carbocycles. The van der Waals surface area contributed by atoms with Gasteiger partial charge in [0.1, 0.15) is 11.5 Å². The van der Waals surface area contributed by atoms with E-state index in [4.69, 9.17) is 11.6 Å². The first-order valence-electron chi connectivity index (χ1n) is 5.95. The molecule has 1 N–H and O–H groups in total. The molecule has 6 heteroatoms. The molecular formula is C12H14ClFN2O2. The van der Waals surface area contributed by atoms with Gasteiger partial charge in [-0.05, 0) is 24.8 Å². The van der Waals surface area contributed by atoms with Gasteiger partial charge in [-0.2, -0.15) is 0 Å². The maximum Gasteiger partial charge on any atom is 0.295 e. The molecule has 2 rings (SSSR count). The van der Waals surface area contributed by atoms with Gasteiger partial charge in [-0.1, -0.05) is 24.4 Å². The van der Waals surface area contributed by atoms with Crippen molar-refractivity contribution in [3.05, 3.63) is 33.1 Å². The smallest absolute Gasteiger partial charge is 0.295 e. The Morgan fingerprint density at radius 3 is 2.72 bits per heavy atom. The molecule has 0 aliphatic heterocycles. The van der Waals surface area contributed by atoms with Crippen molar-refractivity contribution in [1.82, 2.24) is 0 Å². The fourth-order valence-corrected chi connectivity index (χ4v) is 2.46. The lowest BCUT2D eigenvalue weighted by atomic mass is 10.1. The third-order valence-electron chi connectivity index (χ3n) is 3.29. The molecule has 0 unspecified atom stereocenters. The molecule has 4 nitrogen and oxygen atoms in total. The first kappa shape index (κ1) is 13.1. The van der Waals surface area contributed by atoms with Crippen molar-refractivity contribution in [3.63, 3.8) is 0 Å². The molecule has 0 radical (unpaired) electrons. The Bertz CT molecular complexity index is 462. The monoisotopic (exact) mass is 272 g/mol. The number of nitro groups is 1. The lowest BCUT2D eigenvalue weighted by Crippen LogP contribution is -2.12. The highest BCUT2D eigenvalue weighted by Crippen LogP contribution is 2.31. The van der Waals surface area contributed by atoms with Crippen molar-refractivity contribution in [2.24, 2.45) is 5.92 Å². The standard InChI is InChI=1S/C12H14ClFN2O2/c13-9-5-11(12(16(17)18)6-10(9)14)15-7-8-3-1-2-4-8/h5-6,8,15H,1-4,7H2. The van der Waals surface area contributed by atoms with Crippen molar-refractivity contribution in [3.8, 4) is 0 Å². The van der Waals surface area contributed by atoms with Crippen molar-refractivity contribution in [2.45, 2.75) is 25.7 Å². The molecule has 0 saturated heterocycles. The van der Waals surface area contributed by atoms with Crippen LogP contribution < -0.4 is 5.32 Å². The van der Waals surface area contributed by atoms with Crippen LogP contribution in [0.4, 0.5) is 15.8 Å². The molecule has 0 aromatic heterocycles. The number of nitrogens with zero attached hydrogens (tertiary/aromatic N) is 1. The number of halogens is 2. The second kappa shape index (κ2) is 5.52. The van der Waals surface area contributed by atoms with Gasteiger partial charge in [0.25, 0.3) is 5.69 Å². The molecule has 0 spiro atoms. The zero-order chi connectivity index (χ0) is 13.1. The summed E-state index contributed by atoms with van der Waals surface area (Å²) in [7, 11) is 0. The van der Waals surface area contributed by atoms with Crippen molar-refractivity contribution < 1.29 is 9.31 Å². The largest absolute Gasteiger partial charge is 0.379 e. The van der Waals surface area contributed by atoms with Gasteiger partial charge in [-0.3, -0.25) is 10.1 Å². The molecule has 0 atom stereocenters. The molecule has 1 fully saturated rings. The number of hydrogen-bond acceptors (Lipinski definition) is 3. The van der Waals surface area contributed by atoms with E-state index in [2.05, 4.69) is 5.32 Å². The quantitative estimate of drug-likeness (QED) is 0.666. The first-order valence-corrected chi connectivity index (χ1v) is 6.33. The predicted molar refractivity (Wildman–Crippen MR) is 68.5 cm³/mol. The van der Waals surface area contributed by atoms with Crippen LogP contribution in [-0.2, 0) is 0 Å². The topological polar surface area (TPSA) is 55.2 Å². The summed E-state index contributed by atoms with van der Waals surface area (Å²) >= 11 is 5.65. The van der Waals surface area contributed by atoms with E-state index in [1.807, 2.05) is 0 Å². The minimum atomic E-state index is -0.769. The van der Waals surface area contributed by atoms with Crippen LogP contribution in [-0.4, -0.2) is 11.5 Å². The second-order valence-electron chi connectivity index (χ2n) is 4.57. The summed E-state index contributed by atoms with van der Waals surface area (Å²) in [6.45, 7) is 0.669. The highest BCUT2D eigenvalue weighted by Gasteiger charge is 2.20. The molecule has 1 aliphatic rings. The SMILES string of the molecule is O=[N+]([O-])c1cc(F)c(Cl)cc1NCC1CCCC1. The van der Waals surface area contributed by atoms with Gasteiger partial charge < -0.3 is 5.32 Å². The molecule has 98 valence electrons. The van der Waals surface area contributed by atoms with Gasteiger partial charge in [0.2, 0.25) is 0 Å². The molecular weight excluding hydrogens is 259 g/mol. The van der Waals surface area contributed by atoms with E-state index >= 15 is 0 Å². The van der Waals surface area contributed by atoms with E-state index in [0.29, 0.717) is 18.2 Å². The number of hydrogen-bond donors (Lipinski definition) is 1. The first-order chi connectivity index (χ1) is 8.58. The predicted octanol–water partition coefficient (Wildman–Crippen LogP) is 3.99. The van der Waals surface area contributed by atoms with Crippen LogP contribution in [0, 0.1) is 21.8 Å². The van der Waals surface area contributed by atoms with Crippen LogP contribution in [0.25, 0.3) is 0 Å². The fourth-order valence-electron chi connectivity index (χ4n) is 2.30. The van der Waals surface area contributed by atoms with Crippen molar-refractivity contribution in [2.75, 3.05) is 11.9 Å². The Morgan fingerprint density at radius 1 is 1.44 bits per heavy atom. The van der Waals surface area contributed by atoms with E-state index in [-0.39, 0.29) is 10.7 Å². The van der Waals surface area contributed by atoms with Gasteiger partial charge in [0, 0.05) is 6.54 Å². The molecule has 0 heterocycles. The zero-order valence-corrected chi connectivity index (χ0v) is 10.5. The normalized spacial score (nSPS) is 15.9.